The van der Waals surface area contributed by atoms with Gasteiger partial charge in [0.1, 0.15) is 0 Å². The molecular weight excluding hydrogens is 258 g/mol. The number of aromatic nitrogens is 1. The molecule has 1 heterocycles. The Balaban J connectivity index is 2.47. The predicted octanol–water partition coefficient (Wildman–Crippen LogP) is 4.01. The van der Waals surface area contributed by atoms with Gasteiger partial charge in [-0.2, -0.15) is 0 Å². The van der Waals surface area contributed by atoms with Crippen LogP contribution < -0.4 is 0 Å². The van der Waals surface area contributed by atoms with Crippen molar-refractivity contribution in [1.82, 2.24) is 4.98 Å². The average molecular weight is 275 g/mol. The molecule has 0 aliphatic carbocycles. The van der Waals surface area contributed by atoms with Gasteiger partial charge in [0.05, 0.1) is 17.1 Å². The van der Waals surface area contributed by atoms with Gasteiger partial charge in [0.15, 0.2) is 0 Å². The summed E-state index contributed by atoms with van der Waals surface area (Å²) in [5.74, 6) is -0.785. The summed E-state index contributed by atoms with van der Waals surface area (Å²) in [6.45, 7) is 5.96. The molecule has 1 atom stereocenters. The normalized spacial score (nSPS) is 12.4. The zero-order chi connectivity index (χ0) is 14.0. The van der Waals surface area contributed by atoms with E-state index in [-0.39, 0.29) is 12.3 Å². The minimum atomic E-state index is -0.769. The number of aryl methyl sites for hydroxylation is 2. The van der Waals surface area contributed by atoms with Gasteiger partial charge in [-0.25, -0.2) is 4.98 Å². The maximum Gasteiger partial charge on any atom is 0.303 e. The van der Waals surface area contributed by atoms with Crippen LogP contribution in [0, 0.1) is 13.8 Å². The van der Waals surface area contributed by atoms with Crippen LogP contribution in [-0.2, 0) is 4.79 Å². The summed E-state index contributed by atoms with van der Waals surface area (Å²) in [6, 6.07) is 8.08. The fourth-order valence-electron chi connectivity index (χ4n) is 2.16. The Kier molecular flexibility index (Phi) is 4.00. The van der Waals surface area contributed by atoms with E-state index in [0.29, 0.717) is 0 Å². The summed E-state index contributed by atoms with van der Waals surface area (Å²) in [4.78, 5) is 16.5. The highest BCUT2D eigenvalue weighted by Gasteiger charge is 2.20. The van der Waals surface area contributed by atoms with E-state index in [9.17, 15) is 4.79 Å². The van der Waals surface area contributed by atoms with Crippen LogP contribution in [0.2, 0.25) is 0 Å². The molecule has 1 N–H and O–H groups in total. The Hall–Kier alpha value is -1.68. The van der Waals surface area contributed by atoms with E-state index in [2.05, 4.69) is 18.0 Å². The van der Waals surface area contributed by atoms with Gasteiger partial charge in [-0.3, -0.25) is 4.79 Å². The first kappa shape index (κ1) is 13.7. The molecule has 4 heteroatoms. The lowest BCUT2D eigenvalue weighted by Crippen LogP contribution is -2.02. The van der Waals surface area contributed by atoms with Crippen molar-refractivity contribution in [2.24, 2.45) is 0 Å². The molecule has 0 radical (unpaired) electrons. The molecule has 0 bridgehead atoms. The second kappa shape index (κ2) is 5.53. The van der Waals surface area contributed by atoms with E-state index in [1.807, 2.05) is 32.0 Å². The van der Waals surface area contributed by atoms with Crippen molar-refractivity contribution in [3.8, 4) is 11.3 Å². The number of aliphatic carboxylic acids is 1. The molecule has 0 aliphatic heterocycles. The maximum atomic E-state index is 10.9. The smallest absolute Gasteiger partial charge is 0.303 e. The fraction of sp³-hybridized carbons (Fsp3) is 0.333. The number of rotatable bonds is 4. The van der Waals surface area contributed by atoms with Crippen molar-refractivity contribution in [1.29, 1.82) is 0 Å². The standard InChI is InChI=1S/C15H17NO2S/c1-9-6-4-5-7-12(9)14-15(19-11(3)16-14)10(2)8-13(17)18/h4-7,10H,8H2,1-3H3,(H,17,18). The Morgan fingerprint density at radius 1 is 1.37 bits per heavy atom. The molecule has 0 spiro atoms. The summed E-state index contributed by atoms with van der Waals surface area (Å²) < 4.78 is 0. The summed E-state index contributed by atoms with van der Waals surface area (Å²) in [6.07, 6.45) is 0.139. The lowest BCUT2D eigenvalue weighted by molar-refractivity contribution is -0.137. The van der Waals surface area contributed by atoms with Gasteiger partial charge in [-0.1, -0.05) is 31.2 Å². The van der Waals surface area contributed by atoms with Gasteiger partial charge in [0.25, 0.3) is 0 Å². The number of benzene rings is 1. The Labute approximate surface area is 116 Å². The van der Waals surface area contributed by atoms with Gasteiger partial charge in [0.2, 0.25) is 0 Å². The van der Waals surface area contributed by atoms with Crippen LogP contribution in [0.3, 0.4) is 0 Å². The van der Waals surface area contributed by atoms with Crippen LogP contribution in [0.5, 0.6) is 0 Å². The molecule has 2 aromatic rings. The van der Waals surface area contributed by atoms with Gasteiger partial charge >= 0.3 is 5.97 Å². The molecule has 3 nitrogen and oxygen atoms in total. The van der Waals surface area contributed by atoms with Crippen LogP contribution in [0.4, 0.5) is 0 Å². The maximum absolute atomic E-state index is 10.9. The molecule has 19 heavy (non-hydrogen) atoms. The molecule has 1 aromatic carbocycles. The van der Waals surface area contributed by atoms with Crippen LogP contribution in [0.25, 0.3) is 11.3 Å². The SMILES string of the molecule is Cc1nc(-c2ccccc2C)c(C(C)CC(=O)O)s1. The van der Waals surface area contributed by atoms with E-state index in [1.54, 1.807) is 11.3 Å². The van der Waals surface area contributed by atoms with E-state index in [0.717, 1.165) is 26.7 Å². The first-order valence-corrected chi connectivity index (χ1v) is 7.05. The summed E-state index contributed by atoms with van der Waals surface area (Å²) >= 11 is 1.59. The lowest BCUT2D eigenvalue weighted by Gasteiger charge is -2.10. The van der Waals surface area contributed by atoms with E-state index in [4.69, 9.17) is 5.11 Å². The second-order valence-corrected chi connectivity index (χ2v) is 5.99. The van der Waals surface area contributed by atoms with Gasteiger partial charge < -0.3 is 5.11 Å². The van der Waals surface area contributed by atoms with E-state index >= 15 is 0 Å². The molecule has 1 unspecified atom stereocenters. The molecular formula is C15H17NO2S. The summed E-state index contributed by atoms with van der Waals surface area (Å²) in [7, 11) is 0. The number of carboxylic acids is 1. The van der Waals surface area contributed by atoms with Gasteiger partial charge in [0, 0.05) is 16.4 Å². The molecule has 0 saturated carbocycles. The van der Waals surface area contributed by atoms with E-state index in [1.165, 1.54) is 0 Å². The Morgan fingerprint density at radius 2 is 2.05 bits per heavy atom. The highest BCUT2D eigenvalue weighted by molar-refractivity contribution is 7.12. The number of carbonyl (C=O) groups is 1. The third-order valence-corrected chi connectivity index (χ3v) is 4.29. The zero-order valence-corrected chi connectivity index (χ0v) is 12.1. The third-order valence-electron chi connectivity index (χ3n) is 3.09. The molecule has 0 amide bonds. The van der Waals surface area contributed by atoms with Crippen LogP contribution in [0.15, 0.2) is 24.3 Å². The van der Waals surface area contributed by atoms with Crippen LogP contribution >= 0.6 is 11.3 Å². The van der Waals surface area contributed by atoms with Crippen molar-refractivity contribution in [2.75, 3.05) is 0 Å². The first-order chi connectivity index (χ1) is 8.99. The first-order valence-electron chi connectivity index (χ1n) is 6.24. The molecule has 0 fully saturated rings. The highest BCUT2D eigenvalue weighted by Crippen LogP contribution is 2.36. The Morgan fingerprint density at radius 3 is 2.68 bits per heavy atom. The van der Waals surface area contributed by atoms with Crippen LogP contribution in [0.1, 0.15) is 34.7 Å². The van der Waals surface area contributed by atoms with Crippen molar-refractivity contribution in [3.63, 3.8) is 0 Å². The topological polar surface area (TPSA) is 50.2 Å². The highest BCUT2D eigenvalue weighted by atomic mass is 32.1. The number of carboxylic acid groups (broad SMARTS) is 1. The van der Waals surface area contributed by atoms with Crippen molar-refractivity contribution in [3.05, 3.63) is 39.7 Å². The lowest BCUT2D eigenvalue weighted by atomic mass is 9.98. The van der Waals surface area contributed by atoms with E-state index < -0.39 is 5.97 Å². The number of hydrogen-bond donors (Lipinski definition) is 1. The minimum absolute atomic E-state index is 0.0155. The average Bonchev–Trinajstić information content (AvgIpc) is 2.71. The molecule has 1 aromatic heterocycles. The largest absolute Gasteiger partial charge is 0.481 e. The molecule has 2 rings (SSSR count). The van der Waals surface area contributed by atoms with Crippen molar-refractivity contribution < 1.29 is 9.90 Å². The summed E-state index contributed by atoms with van der Waals surface area (Å²) in [5.41, 5.74) is 3.20. The van der Waals surface area contributed by atoms with Gasteiger partial charge in [-0.05, 0) is 19.4 Å². The minimum Gasteiger partial charge on any atom is -0.481 e. The quantitative estimate of drug-likeness (QED) is 0.917. The molecule has 0 saturated heterocycles. The van der Waals surface area contributed by atoms with Gasteiger partial charge in [-0.15, -0.1) is 11.3 Å². The number of thiazole rings is 1. The predicted molar refractivity (Wildman–Crippen MR) is 77.7 cm³/mol. The number of nitrogens with zero attached hydrogens (tertiary/aromatic N) is 1. The van der Waals surface area contributed by atoms with Crippen LogP contribution in [-0.4, -0.2) is 16.1 Å². The second-order valence-electron chi connectivity index (χ2n) is 4.76. The van der Waals surface area contributed by atoms with Crippen molar-refractivity contribution in [2.45, 2.75) is 33.1 Å². The third kappa shape index (κ3) is 3.01. The Bertz CT molecular complexity index is 604. The van der Waals surface area contributed by atoms with Crippen molar-refractivity contribution >= 4 is 17.3 Å². The molecule has 0 aliphatic rings. The summed E-state index contributed by atoms with van der Waals surface area (Å²) in [5, 5.41) is 9.93. The fourth-order valence-corrected chi connectivity index (χ4v) is 3.15. The molecule has 100 valence electrons. The number of hydrogen-bond acceptors (Lipinski definition) is 3. The zero-order valence-electron chi connectivity index (χ0n) is 11.3. The monoisotopic (exact) mass is 275 g/mol.